The van der Waals surface area contributed by atoms with E-state index in [0.29, 0.717) is 0 Å². The monoisotopic (exact) mass is 522 g/mol. The Morgan fingerprint density at radius 3 is 1.46 bits per heavy atom. The van der Waals surface area contributed by atoms with Gasteiger partial charge in [-0.2, -0.15) is 26.3 Å². The van der Waals surface area contributed by atoms with E-state index in [1.807, 2.05) is 0 Å². The van der Waals surface area contributed by atoms with Crippen LogP contribution in [-0.4, -0.2) is 31.7 Å². The number of amides is 2. The Bertz CT molecular complexity index is 1120. The Labute approximate surface area is 196 Å². The second kappa shape index (κ2) is 9.88. The molecule has 1 fully saturated rings. The molecule has 2 amide bonds. The van der Waals surface area contributed by atoms with Crippen molar-refractivity contribution in [2.75, 3.05) is 22.1 Å². The second-order valence-corrected chi connectivity index (χ2v) is 10.4. The zero-order valence-corrected chi connectivity index (χ0v) is 18.7. The maximum Gasteiger partial charge on any atom is 0.416 e. The number of halogens is 6. The minimum absolute atomic E-state index is 0.121. The number of nitrogens with one attached hydrogen (secondary N) is 2. The Balaban J connectivity index is 1.65. The highest BCUT2D eigenvalue weighted by atomic mass is 32.2. The molecule has 2 atom stereocenters. The maximum atomic E-state index is 12.9. The third-order valence-corrected chi connectivity index (χ3v) is 7.32. The minimum Gasteiger partial charge on any atom is -0.326 e. The first-order valence-corrected chi connectivity index (χ1v) is 12.1. The summed E-state index contributed by atoms with van der Waals surface area (Å²) < 4.78 is 101. The van der Waals surface area contributed by atoms with Gasteiger partial charge in [-0.3, -0.25) is 9.59 Å². The molecule has 2 aromatic rings. The lowest BCUT2D eigenvalue weighted by Gasteiger charge is -2.18. The summed E-state index contributed by atoms with van der Waals surface area (Å²) in [5.74, 6) is -3.84. The lowest BCUT2D eigenvalue weighted by atomic mass is 9.89. The highest BCUT2D eigenvalue weighted by Crippen LogP contribution is 2.34. The Hall–Kier alpha value is -3.09. The van der Waals surface area contributed by atoms with Gasteiger partial charge < -0.3 is 10.6 Å². The molecule has 1 saturated heterocycles. The van der Waals surface area contributed by atoms with E-state index < -0.39 is 68.5 Å². The molecule has 190 valence electrons. The van der Waals surface area contributed by atoms with E-state index in [1.165, 1.54) is 12.1 Å². The van der Waals surface area contributed by atoms with E-state index in [9.17, 15) is 44.3 Å². The highest BCUT2D eigenvalue weighted by molar-refractivity contribution is 7.91. The Morgan fingerprint density at radius 1 is 0.743 bits per heavy atom. The van der Waals surface area contributed by atoms with Gasteiger partial charge in [-0.25, -0.2) is 8.42 Å². The predicted molar refractivity (Wildman–Crippen MR) is 115 cm³/mol. The van der Waals surface area contributed by atoms with Crippen molar-refractivity contribution in [3.8, 4) is 0 Å². The topological polar surface area (TPSA) is 92.3 Å². The van der Waals surface area contributed by atoms with Crippen molar-refractivity contribution < 1.29 is 44.3 Å². The fraction of sp³-hybridized carbons (Fsp3) is 0.364. The van der Waals surface area contributed by atoms with Crippen LogP contribution in [0.4, 0.5) is 37.7 Å². The first-order valence-electron chi connectivity index (χ1n) is 10.3. The van der Waals surface area contributed by atoms with Crippen LogP contribution < -0.4 is 10.6 Å². The molecule has 0 saturated carbocycles. The van der Waals surface area contributed by atoms with Crippen molar-refractivity contribution >= 4 is 33.0 Å². The second-order valence-electron chi connectivity index (χ2n) is 8.26. The summed E-state index contributed by atoms with van der Waals surface area (Å²) in [5.41, 5.74) is -2.18. The van der Waals surface area contributed by atoms with Gasteiger partial charge >= 0.3 is 12.4 Å². The predicted octanol–water partition coefficient (Wildman–Crippen LogP) is 4.74. The van der Waals surface area contributed by atoms with Gasteiger partial charge in [0, 0.05) is 24.2 Å². The van der Waals surface area contributed by atoms with Gasteiger partial charge in [0.05, 0.1) is 22.6 Å². The summed E-state index contributed by atoms with van der Waals surface area (Å²) in [7, 11) is -3.59. The Kier molecular flexibility index (Phi) is 7.48. The van der Waals surface area contributed by atoms with Crippen molar-refractivity contribution in [1.82, 2.24) is 0 Å². The number of rotatable bonds is 6. The zero-order valence-electron chi connectivity index (χ0n) is 17.9. The number of carbonyl (C=O) groups excluding carboxylic acids is 2. The molecule has 35 heavy (non-hydrogen) atoms. The Morgan fingerprint density at radius 2 is 1.11 bits per heavy atom. The number of carbonyl (C=O) groups is 2. The average Bonchev–Trinajstić information content (AvgIpc) is 2.99. The summed E-state index contributed by atoms with van der Waals surface area (Å²) in [5, 5.41) is 4.60. The van der Waals surface area contributed by atoms with Crippen LogP contribution in [0, 0.1) is 11.8 Å². The van der Waals surface area contributed by atoms with Crippen LogP contribution in [0.3, 0.4) is 0 Å². The molecule has 0 aromatic heterocycles. The zero-order chi connectivity index (χ0) is 26.0. The highest BCUT2D eigenvalue weighted by Gasteiger charge is 2.40. The van der Waals surface area contributed by atoms with Gasteiger partial charge in [0.2, 0.25) is 11.8 Å². The normalized spacial score (nSPS) is 19.8. The van der Waals surface area contributed by atoms with E-state index in [4.69, 9.17) is 0 Å². The van der Waals surface area contributed by atoms with Gasteiger partial charge in [-0.05, 0) is 48.2 Å². The number of alkyl halides is 6. The standard InChI is InChI=1S/C22H20F6N2O4S/c23-21(24,25)15-3-1-5-17(9-15)29-19(31)7-13-11-35(33,34)12-14(13)8-20(32)30-18-6-2-4-16(10-18)22(26,27)28/h1-6,9-10,13-14H,7-8,11-12H2,(H,29,31)(H,30,32)/t13-,14+. The SMILES string of the molecule is O=C(C[C@@H]1CS(=O)(=O)C[C@@H]1CC(=O)Nc1cccc(C(F)(F)F)c1)Nc1cccc(C(F)(F)F)c1. The fourth-order valence-electron chi connectivity index (χ4n) is 3.89. The molecular weight excluding hydrogens is 502 g/mol. The lowest BCUT2D eigenvalue weighted by molar-refractivity contribution is -0.138. The number of benzene rings is 2. The van der Waals surface area contributed by atoms with E-state index in [2.05, 4.69) is 10.6 Å². The molecule has 3 rings (SSSR count). The average molecular weight is 522 g/mol. The van der Waals surface area contributed by atoms with Gasteiger partial charge in [-0.1, -0.05) is 12.1 Å². The first kappa shape index (κ1) is 26.5. The van der Waals surface area contributed by atoms with Crippen molar-refractivity contribution in [3.63, 3.8) is 0 Å². The largest absolute Gasteiger partial charge is 0.416 e. The minimum atomic E-state index is -4.61. The summed E-state index contributed by atoms with van der Waals surface area (Å²) in [4.78, 5) is 24.8. The fourth-order valence-corrected chi connectivity index (χ4v) is 6.11. The smallest absolute Gasteiger partial charge is 0.326 e. The molecule has 0 unspecified atom stereocenters. The molecule has 13 heteroatoms. The van der Waals surface area contributed by atoms with Gasteiger partial charge in [-0.15, -0.1) is 0 Å². The van der Waals surface area contributed by atoms with E-state index in [1.54, 1.807) is 0 Å². The van der Waals surface area contributed by atoms with E-state index >= 15 is 0 Å². The molecule has 2 N–H and O–H groups in total. The summed E-state index contributed by atoms with van der Waals surface area (Å²) >= 11 is 0. The molecule has 1 heterocycles. The number of hydrogen-bond acceptors (Lipinski definition) is 4. The van der Waals surface area contributed by atoms with Crippen LogP contribution in [0.5, 0.6) is 0 Å². The molecular formula is C22H20F6N2O4S. The molecule has 6 nitrogen and oxygen atoms in total. The molecule has 2 aromatic carbocycles. The van der Waals surface area contributed by atoms with Crippen LogP contribution in [0.15, 0.2) is 48.5 Å². The number of hydrogen-bond donors (Lipinski definition) is 2. The summed E-state index contributed by atoms with van der Waals surface area (Å²) in [6, 6.07) is 7.86. The van der Waals surface area contributed by atoms with Crippen LogP contribution in [0.25, 0.3) is 0 Å². The van der Waals surface area contributed by atoms with Crippen LogP contribution in [0.2, 0.25) is 0 Å². The van der Waals surface area contributed by atoms with Crippen molar-refractivity contribution in [2.45, 2.75) is 25.2 Å². The molecule has 0 radical (unpaired) electrons. The molecule has 1 aliphatic heterocycles. The molecule has 0 spiro atoms. The van der Waals surface area contributed by atoms with Crippen molar-refractivity contribution in [1.29, 1.82) is 0 Å². The van der Waals surface area contributed by atoms with Crippen LogP contribution in [0.1, 0.15) is 24.0 Å². The maximum absolute atomic E-state index is 12.9. The van der Waals surface area contributed by atoms with E-state index in [-0.39, 0.29) is 24.2 Å². The van der Waals surface area contributed by atoms with Gasteiger partial charge in [0.15, 0.2) is 9.84 Å². The van der Waals surface area contributed by atoms with Gasteiger partial charge in [0.1, 0.15) is 0 Å². The van der Waals surface area contributed by atoms with Crippen molar-refractivity contribution in [3.05, 3.63) is 59.7 Å². The van der Waals surface area contributed by atoms with Gasteiger partial charge in [0.25, 0.3) is 0 Å². The molecule has 0 bridgehead atoms. The lowest BCUT2D eigenvalue weighted by Crippen LogP contribution is -2.25. The van der Waals surface area contributed by atoms with Crippen LogP contribution in [-0.2, 0) is 31.8 Å². The summed E-state index contributed by atoms with van der Waals surface area (Å²) in [6.45, 7) is 0. The van der Waals surface area contributed by atoms with Crippen molar-refractivity contribution in [2.24, 2.45) is 11.8 Å². The third-order valence-electron chi connectivity index (χ3n) is 5.45. The van der Waals surface area contributed by atoms with E-state index in [0.717, 1.165) is 36.4 Å². The number of anilines is 2. The number of sulfone groups is 1. The molecule has 1 aliphatic rings. The molecule has 0 aliphatic carbocycles. The van der Waals surface area contributed by atoms with Crippen LogP contribution >= 0.6 is 0 Å². The summed E-state index contributed by atoms with van der Waals surface area (Å²) in [6.07, 6.45) is -9.95. The first-order chi connectivity index (χ1) is 16.1. The quantitative estimate of drug-likeness (QED) is 0.536. The third kappa shape index (κ3) is 7.44.